The predicted molar refractivity (Wildman–Crippen MR) is 192 cm³/mol. The number of benzene rings is 1. The molecule has 1 aromatic carbocycles. The van der Waals surface area contributed by atoms with Gasteiger partial charge in [-0.25, -0.2) is 13.2 Å². The first-order chi connectivity index (χ1) is 23.7. The van der Waals surface area contributed by atoms with Gasteiger partial charge in [0.05, 0.1) is 29.9 Å². The van der Waals surface area contributed by atoms with Crippen LogP contribution in [0.15, 0.2) is 30.3 Å². The third-order valence-electron chi connectivity index (χ3n) is 10.3. The van der Waals surface area contributed by atoms with Crippen molar-refractivity contribution in [1.82, 2.24) is 9.62 Å². The maximum Gasteiger partial charge on any atom is 0.424 e. The Hall–Kier alpha value is -3.81. The second-order valence-electron chi connectivity index (χ2n) is 17.1. The largest absolute Gasteiger partial charge is 0.481 e. The van der Waals surface area contributed by atoms with Gasteiger partial charge in [0.25, 0.3) is 0 Å². The number of fused-ring (bicyclic) bond motifs is 2. The van der Waals surface area contributed by atoms with E-state index in [2.05, 4.69) is 5.32 Å². The van der Waals surface area contributed by atoms with Crippen molar-refractivity contribution in [3.63, 3.8) is 0 Å². The third-order valence-corrected chi connectivity index (χ3v) is 12.2. The number of ketones is 2. The van der Waals surface area contributed by atoms with Crippen molar-refractivity contribution in [2.45, 2.75) is 131 Å². The van der Waals surface area contributed by atoms with Gasteiger partial charge in [0, 0.05) is 12.8 Å². The minimum Gasteiger partial charge on any atom is -0.481 e. The molecule has 2 N–H and O–H groups in total. The molecule has 2 saturated carbocycles. The molecule has 2 aliphatic rings. The number of aliphatic carboxylic acids is 1. The molecule has 0 spiro atoms. The van der Waals surface area contributed by atoms with Crippen LogP contribution in [0.1, 0.15) is 107 Å². The summed E-state index contributed by atoms with van der Waals surface area (Å²) in [5, 5.41) is 12.4. The number of Topliss-reactive ketones (excluding diaryl/α,β-unsaturated/α-hetero) is 2. The Bertz CT molecular complexity index is 1640. The van der Waals surface area contributed by atoms with Gasteiger partial charge in [-0.1, -0.05) is 58.0 Å². The first-order valence-corrected chi connectivity index (χ1v) is 19.4. The molecule has 2 fully saturated rings. The van der Waals surface area contributed by atoms with Crippen molar-refractivity contribution >= 4 is 45.5 Å². The van der Waals surface area contributed by atoms with E-state index >= 15 is 0 Å². The zero-order valence-electron chi connectivity index (χ0n) is 32.1. The van der Waals surface area contributed by atoms with Crippen LogP contribution in [0.4, 0.5) is 4.79 Å². The number of rotatable bonds is 15. The molecule has 52 heavy (non-hydrogen) atoms. The van der Waals surface area contributed by atoms with E-state index in [-0.39, 0.29) is 37.4 Å². The maximum atomic E-state index is 14.7. The molecule has 3 rings (SSSR count). The Labute approximate surface area is 307 Å². The van der Waals surface area contributed by atoms with Crippen LogP contribution < -0.4 is 5.32 Å². The number of carbonyl (C=O) groups excluding carboxylic acids is 5. The van der Waals surface area contributed by atoms with E-state index in [9.17, 15) is 42.3 Å². The molecule has 2 amide bonds. The Morgan fingerprint density at radius 2 is 1.54 bits per heavy atom. The van der Waals surface area contributed by atoms with Gasteiger partial charge in [0.15, 0.2) is 5.78 Å². The van der Waals surface area contributed by atoms with Gasteiger partial charge >= 0.3 is 18.0 Å². The summed E-state index contributed by atoms with van der Waals surface area (Å²) >= 11 is 0. The standard InChI is InChI=1S/C38H56N2O11S/c1-23(2)26(20-31(44)50-35(3,4)5)33(46)39-27(21-30(42)43)32(45)28(18-24-14-12-11-13-15-24)40(34(47)51-36(6,7)8)52(48,49)22-38-17-16-25(19-29(38)41)37(38,9)10/h11-15,23,25-28H,16-22H2,1-10H3,(H,39,46)(H,42,43). The normalized spacial score (nSPS) is 21.6. The summed E-state index contributed by atoms with van der Waals surface area (Å²) in [6.45, 7) is 16.6. The van der Waals surface area contributed by atoms with Crippen LogP contribution in [-0.4, -0.2) is 82.4 Å². The molecule has 1 aromatic rings. The smallest absolute Gasteiger partial charge is 0.424 e. The highest BCUT2D eigenvalue weighted by Gasteiger charge is 2.66. The SMILES string of the molecule is CC(C)C(CC(=O)OC(C)(C)C)C(=O)NC(CC(=O)O)C(=O)C(Cc1ccccc1)N(C(=O)OC(C)(C)C)S(=O)(=O)CC12CCC(CC1=O)C2(C)C. The van der Waals surface area contributed by atoms with Crippen LogP contribution in [0.3, 0.4) is 0 Å². The lowest BCUT2D eigenvalue weighted by molar-refractivity contribution is -0.158. The molecule has 0 aliphatic heterocycles. The number of amides is 2. The van der Waals surface area contributed by atoms with Gasteiger partial charge in [-0.3, -0.25) is 24.0 Å². The fourth-order valence-corrected chi connectivity index (χ4v) is 9.74. The molecule has 13 nitrogen and oxygen atoms in total. The Morgan fingerprint density at radius 3 is 2.00 bits per heavy atom. The number of sulfonamides is 1. The highest BCUT2D eigenvalue weighted by Crippen LogP contribution is 2.64. The lowest BCUT2D eigenvalue weighted by Gasteiger charge is -2.39. The second kappa shape index (κ2) is 15.7. The summed E-state index contributed by atoms with van der Waals surface area (Å²) in [5.74, 6) is -6.58. The van der Waals surface area contributed by atoms with Gasteiger partial charge in [0.2, 0.25) is 15.9 Å². The van der Waals surface area contributed by atoms with Gasteiger partial charge in [-0.05, 0) is 77.2 Å². The number of carboxylic acid groups (broad SMARTS) is 1. The van der Waals surface area contributed by atoms with Crippen molar-refractivity contribution in [3.8, 4) is 0 Å². The zero-order chi connectivity index (χ0) is 39.6. The Kier molecular flexibility index (Phi) is 12.8. The van der Waals surface area contributed by atoms with Crippen molar-refractivity contribution in [1.29, 1.82) is 0 Å². The lowest BCUT2D eigenvalue weighted by atomic mass is 9.70. The quantitative estimate of drug-likeness (QED) is 0.227. The molecule has 14 heteroatoms. The van der Waals surface area contributed by atoms with E-state index in [1.165, 1.54) is 20.8 Å². The van der Waals surface area contributed by atoms with Crippen LogP contribution in [-0.2, 0) is 49.9 Å². The maximum absolute atomic E-state index is 14.7. The Morgan fingerprint density at radius 1 is 0.962 bits per heavy atom. The number of hydrogen-bond acceptors (Lipinski definition) is 10. The van der Waals surface area contributed by atoms with Crippen LogP contribution in [0, 0.1) is 28.6 Å². The van der Waals surface area contributed by atoms with E-state index in [1.807, 2.05) is 13.8 Å². The molecule has 5 atom stereocenters. The third kappa shape index (κ3) is 9.99. The van der Waals surface area contributed by atoms with E-state index in [1.54, 1.807) is 65.0 Å². The summed E-state index contributed by atoms with van der Waals surface area (Å²) in [5.41, 5.74) is -3.65. The van der Waals surface area contributed by atoms with Crippen LogP contribution >= 0.6 is 0 Å². The molecule has 5 unspecified atom stereocenters. The molecule has 290 valence electrons. The van der Waals surface area contributed by atoms with Crippen molar-refractivity contribution in [2.24, 2.45) is 28.6 Å². The number of nitrogens with one attached hydrogen (secondary N) is 1. The molecule has 2 bridgehead atoms. The summed E-state index contributed by atoms with van der Waals surface area (Å²) in [7, 11) is -4.85. The van der Waals surface area contributed by atoms with E-state index in [0.29, 0.717) is 16.3 Å². The average Bonchev–Trinajstić information content (AvgIpc) is 3.31. The van der Waals surface area contributed by atoms with Gasteiger partial charge in [-0.15, -0.1) is 0 Å². The molecular weight excluding hydrogens is 692 g/mol. The first kappa shape index (κ1) is 42.6. The van der Waals surface area contributed by atoms with Crippen molar-refractivity contribution in [3.05, 3.63) is 35.9 Å². The zero-order valence-corrected chi connectivity index (χ0v) is 32.9. The number of carbonyl (C=O) groups is 6. The van der Waals surface area contributed by atoms with E-state index in [4.69, 9.17) is 9.47 Å². The van der Waals surface area contributed by atoms with Gasteiger partial charge in [-0.2, -0.15) is 4.31 Å². The second-order valence-corrected chi connectivity index (χ2v) is 19.0. The van der Waals surface area contributed by atoms with Crippen molar-refractivity contribution in [2.75, 3.05) is 5.75 Å². The van der Waals surface area contributed by atoms with E-state index in [0.717, 1.165) is 0 Å². The average molecular weight is 749 g/mol. The minimum absolute atomic E-state index is 0.0448. The lowest BCUT2D eigenvalue weighted by Crippen LogP contribution is -2.59. The summed E-state index contributed by atoms with van der Waals surface area (Å²) in [6.07, 6.45) is -1.97. The molecule has 0 saturated heterocycles. The molecule has 0 aromatic heterocycles. The summed E-state index contributed by atoms with van der Waals surface area (Å²) in [6, 6.07) is 4.54. The van der Waals surface area contributed by atoms with Crippen LogP contribution in [0.25, 0.3) is 0 Å². The number of nitrogens with zero attached hydrogens (tertiary/aromatic N) is 1. The molecule has 0 radical (unpaired) electrons. The molecule has 2 aliphatic carbocycles. The fraction of sp³-hybridized carbons (Fsp3) is 0.684. The van der Waals surface area contributed by atoms with Crippen LogP contribution in [0.5, 0.6) is 0 Å². The van der Waals surface area contributed by atoms with Gasteiger partial charge < -0.3 is 19.9 Å². The number of ether oxygens (including phenoxy) is 2. The Balaban J connectivity index is 2.15. The highest BCUT2D eigenvalue weighted by molar-refractivity contribution is 7.89. The minimum atomic E-state index is -4.85. The van der Waals surface area contributed by atoms with Gasteiger partial charge in [0.1, 0.15) is 29.1 Å². The topological polar surface area (TPSA) is 191 Å². The first-order valence-electron chi connectivity index (χ1n) is 17.8. The molecule has 0 heterocycles. The highest BCUT2D eigenvalue weighted by atomic mass is 32.2. The van der Waals surface area contributed by atoms with Crippen molar-refractivity contribution < 1.29 is 51.8 Å². The fourth-order valence-electron chi connectivity index (χ4n) is 7.47. The molecular formula is C38H56N2O11S. The summed E-state index contributed by atoms with van der Waals surface area (Å²) < 4.78 is 40.8. The number of carboxylic acids is 1. The predicted octanol–water partition coefficient (Wildman–Crippen LogP) is 5.09. The van der Waals surface area contributed by atoms with Crippen LogP contribution in [0.2, 0.25) is 0 Å². The number of hydrogen-bond donors (Lipinski definition) is 2. The number of esters is 1. The monoisotopic (exact) mass is 748 g/mol. The van der Waals surface area contributed by atoms with E-state index < -0.39 is 97.9 Å². The summed E-state index contributed by atoms with van der Waals surface area (Å²) in [4.78, 5) is 81.0.